The van der Waals surface area contributed by atoms with E-state index < -0.39 is 17.7 Å². The van der Waals surface area contributed by atoms with Gasteiger partial charge in [-0.1, -0.05) is 13.8 Å². The molecule has 4 heterocycles. The van der Waals surface area contributed by atoms with Crippen LogP contribution in [0, 0.1) is 23.7 Å². The van der Waals surface area contributed by atoms with Gasteiger partial charge in [0.05, 0.1) is 12.2 Å². The monoisotopic (exact) mass is 382 g/mol. The highest BCUT2D eigenvalue weighted by Gasteiger charge is 2.69. The van der Waals surface area contributed by atoms with Gasteiger partial charge in [-0.05, 0) is 63.7 Å². The summed E-state index contributed by atoms with van der Waals surface area (Å²) in [6.45, 7) is 6.52. The third-order valence-corrected chi connectivity index (χ3v) is 8.07. The van der Waals surface area contributed by atoms with E-state index in [-0.39, 0.29) is 24.4 Å². The number of fused-ring (bicyclic) bond motifs is 2. The number of rotatable bonds is 2. The molecule has 2 aliphatic carbocycles. The van der Waals surface area contributed by atoms with Crippen molar-refractivity contribution in [2.24, 2.45) is 23.7 Å². The summed E-state index contributed by atoms with van der Waals surface area (Å²) in [5, 5.41) is 9.77. The normalized spacial score (nSPS) is 57.8. The SMILES string of the molecule is C[C@H]1[C@@H](OC2CCC(O)CC2)O[C@@H]2O[C@]3(C)CC[C@H]4[C@H](C)CC[C@@H]1C24OO3. The van der Waals surface area contributed by atoms with Crippen LogP contribution < -0.4 is 0 Å². The van der Waals surface area contributed by atoms with Crippen molar-refractivity contribution < 1.29 is 29.1 Å². The van der Waals surface area contributed by atoms with Crippen LogP contribution in [0.1, 0.15) is 72.1 Å². The predicted octanol–water partition coefficient (Wildman–Crippen LogP) is 3.51. The van der Waals surface area contributed by atoms with Gasteiger partial charge in [0.1, 0.15) is 0 Å². The Morgan fingerprint density at radius 1 is 0.926 bits per heavy atom. The molecule has 27 heavy (non-hydrogen) atoms. The quantitative estimate of drug-likeness (QED) is 0.737. The number of aliphatic hydroxyl groups is 1. The number of ether oxygens (including phenoxy) is 3. The van der Waals surface area contributed by atoms with E-state index in [0.29, 0.717) is 17.8 Å². The second-order valence-corrected chi connectivity index (χ2v) is 9.84. The summed E-state index contributed by atoms with van der Waals surface area (Å²) in [4.78, 5) is 12.0. The van der Waals surface area contributed by atoms with Crippen LogP contribution in [0.3, 0.4) is 0 Å². The Morgan fingerprint density at radius 2 is 1.70 bits per heavy atom. The maximum Gasteiger partial charge on any atom is 0.201 e. The van der Waals surface area contributed by atoms with E-state index in [1.54, 1.807) is 0 Å². The van der Waals surface area contributed by atoms with Crippen LogP contribution in [0.2, 0.25) is 0 Å². The third kappa shape index (κ3) is 2.90. The van der Waals surface area contributed by atoms with Crippen molar-refractivity contribution in [3.8, 4) is 0 Å². The lowest BCUT2D eigenvalue weighted by Gasteiger charge is -2.60. The molecule has 4 aliphatic heterocycles. The maximum absolute atomic E-state index is 9.77. The van der Waals surface area contributed by atoms with Crippen LogP contribution in [-0.4, -0.2) is 41.3 Å². The predicted molar refractivity (Wildman–Crippen MR) is 96.2 cm³/mol. The van der Waals surface area contributed by atoms with Gasteiger partial charge in [-0.2, -0.15) is 0 Å². The van der Waals surface area contributed by atoms with E-state index in [0.717, 1.165) is 44.9 Å². The lowest BCUT2D eigenvalue weighted by molar-refractivity contribution is -0.578. The molecule has 6 rings (SSSR count). The fourth-order valence-electron chi connectivity index (χ4n) is 6.40. The number of hydrogen-bond donors (Lipinski definition) is 1. The Morgan fingerprint density at radius 3 is 2.48 bits per heavy atom. The molecular weight excluding hydrogens is 348 g/mol. The van der Waals surface area contributed by atoms with Crippen molar-refractivity contribution in [3.05, 3.63) is 0 Å². The van der Waals surface area contributed by atoms with Gasteiger partial charge in [0, 0.05) is 18.3 Å². The van der Waals surface area contributed by atoms with Gasteiger partial charge in [0.2, 0.25) is 5.79 Å². The van der Waals surface area contributed by atoms with Gasteiger partial charge in [-0.25, -0.2) is 9.78 Å². The van der Waals surface area contributed by atoms with Gasteiger partial charge in [-0.3, -0.25) is 0 Å². The van der Waals surface area contributed by atoms with E-state index in [4.69, 9.17) is 24.0 Å². The van der Waals surface area contributed by atoms with E-state index in [2.05, 4.69) is 13.8 Å². The molecule has 8 atom stereocenters. The van der Waals surface area contributed by atoms with Gasteiger partial charge in [-0.15, -0.1) is 0 Å². The summed E-state index contributed by atoms with van der Waals surface area (Å²) in [5.74, 6) is 0.748. The Labute approximate surface area is 161 Å². The van der Waals surface area contributed by atoms with Crippen molar-refractivity contribution >= 4 is 0 Å². The van der Waals surface area contributed by atoms with Crippen LogP contribution in [0.25, 0.3) is 0 Å². The zero-order valence-electron chi connectivity index (χ0n) is 16.8. The lowest BCUT2D eigenvalue weighted by Crippen LogP contribution is -2.70. The minimum Gasteiger partial charge on any atom is -0.393 e. The summed E-state index contributed by atoms with van der Waals surface area (Å²) >= 11 is 0. The minimum atomic E-state index is -0.738. The highest BCUT2D eigenvalue weighted by molar-refractivity contribution is 5.09. The molecule has 0 amide bonds. The summed E-state index contributed by atoms with van der Waals surface area (Å²) in [6, 6.07) is 0. The van der Waals surface area contributed by atoms with Gasteiger partial charge in [0.15, 0.2) is 18.2 Å². The molecule has 6 fully saturated rings. The summed E-state index contributed by atoms with van der Waals surface area (Å²) in [6.07, 6.45) is 6.84. The largest absolute Gasteiger partial charge is 0.393 e. The van der Waals surface area contributed by atoms with Gasteiger partial charge >= 0.3 is 0 Å². The molecule has 2 bridgehead atoms. The lowest BCUT2D eigenvalue weighted by atomic mass is 9.58. The molecule has 4 saturated heterocycles. The average Bonchev–Trinajstić information content (AvgIpc) is 2.87. The van der Waals surface area contributed by atoms with E-state index in [1.807, 2.05) is 6.92 Å². The molecule has 0 aromatic rings. The molecular formula is C21H34O6. The van der Waals surface area contributed by atoms with Crippen molar-refractivity contribution in [3.63, 3.8) is 0 Å². The van der Waals surface area contributed by atoms with Gasteiger partial charge < -0.3 is 19.3 Å². The minimum absolute atomic E-state index is 0.156. The zero-order valence-corrected chi connectivity index (χ0v) is 16.8. The Bertz CT molecular complexity index is 563. The molecule has 0 aromatic carbocycles. The first-order valence-corrected chi connectivity index (χ1v) is 10.9. The Balaban J connectivity index is 1.41. The van der Waals surface area contributed by atoms with Crippen LogP contribution in [0.5, 0.6) is 0 Å². The molecule has 154 valence electrons. The number of hydrogen-bond acceptors (Lipinski definition) is 6. The molecule has 2 saturated carbocycles. The summed E-state index contributed by atoms with van der Waals surface area (Å²) in [5.41, 5.74) is -0.518. The second kappa shape index (κ2) is 6.64. The van der Waals surface area contributed by atoms with Crippen LogP contribution in [0.4, 0.5) is 0 Å². The highest BCUT2D eigenvalue weighted by atomic mass is 17.3. The van der Waals surface area contributed by atoms with Crippen molar-refractivity contribution in [1.29, 1.82) is 0 Å². The summed E-state index contributed by atoms with van der Waals surface area (Å²) in [7, 11) is 0. The standard InChI is InChI=1S/C21H34O6/c1-12-4-9-17-13(2)18(23-15-7-5-14(22)6-8-15)24-19-21(17)16(12)10-11-20(3,25-19)26-27-21/h12-19,22H,4-11H2,1-3H3/t12-,13-,14?,15?,16+,17+,18+,19-,20+,21?/m1/s1. The molecule has 1 unspecified atom stereocenters. The van der Waals surface area contributed by atoms with Crippen LogP contribution in [0.15, 0.2) is 0 Å². The Hall–Kier alpha value is -0.240. The Kier molecular flexibility index (Phi) is 4.62. The average molecular weight is 382 g/mol. The van der Waals surface area contributed by atoms with E-state index in [1.165, 1.54) is 6.42 Å². The zero-order chi connectivity index (χ0) is 18.8. The fourth-order valence-corrected chi connectivity index (χ4v) is 6.40. The molecule has 6 aliphatic rings. The second-order valence-electron chi connectivity index (χ2n) is 9.84. The topological polar surface area (TPSA) is 66.4 Å². The molecule has 0 radical (unpaired) electrons. The van der Waals surface area contributed by atoms with E-state index >= 15 is 0 Å². The van der Waals surface area contributed by atoms with Crippen molar-refractivity contribution in [2.45, 2.75) is 108 Å². The van der Waals surface area contributed by atoms with Crippen molar-refractivity contribution in [1.82, 2.24) is 0 Å². The summed E-state index contributed by atoms with van der Waals surface area (Å²) < 4.78 is 19.3. The molecule has 6 heteroatoms. The fraction of sp³-hybridized carbons (Fsp3) is 1.00. The maximum atomic E-state index is 9.77. The van der Waals surface area contributed by atoms with Crippen molar-refractivity contribution in [2.75, 3.05) is 0 Å². The molecule has 1 N–H and O–H groups in total. The first-order chi connectivity index (χ1) is 12.9. The van der Waals surface area contributed by atoms with Gasteiger partial charge in [0.25, 0.3) is 0 Å². The smallest absolute Gasteiger partial charge is 0.201 e. The third-order valence-electron chi connectivity index (χ3n) is 8.07. The highest BCUT2D eigenvalue weighted by Crippen LogP contribution is 2.60. The number of aliphatic hydroxyl groups excluding tert-OH is 1. The van der Waals surface area contributed by atoms with E-state index in [9.17, 15) is 5.11 Å². The first kappa shape index (κ1) is 18.8. The van der Waals surface area contributed by atoms with Crippen LogP contribution >= 0.6 is 0 Å². The van der Waals surface area contributed by atoms with Crippen LogP contribution in [-0.2, 0) is 24.0 Å². The molecule has 1 spiro atoms. The molecule has 0 aromatic heterocycles. The molecule has 6 nitrogen and oxygen atoms in total. The first-order valence-electron chi connectivity index (χ1n) is 10.9.